The molecule has 142 valence electrons. The average molecular weight is 376 g/mol. The summed E-state index contributed by atoms with van der Waals surface area (Å²) in [4.78, 5) is 32.9. The molecule has 0 atom stereocenters. The molecule has 1 amide bonds. The Kier molecular flexibility index (Phi) is 5.64. The van der Waals surface area contributed by atoms with E-state index in [1.54, 1.807) is 31.2 Å². The molecule has 3 N–H and O–H groups in total. The summed E-state index contributed by atoms with van der Waals surface area (Å²) in [5.74, 6) is -0.472. The molecule has 3 aromatic rings. The minimum atomic E-state index is -0.589. The molecule has 7 heteroatoms. The van der Waals surface area contributed by atoms with Crippen molar-refractivity contribution in [2.75, 3.05) is 11.9 Å². The number of primary amides is 1. The smallest absolute Gasteiger partial charge is 0.343 e. The lowest BCUT2D eigenvalue weighted by molar-refractivity contribution is 0.0526. The normalized spacial score (nSPS) is 10.4. The third-order valence-electron chi connectivity index (χ3n) is 4.01. The Labute approximate surface area is 162 Å². The van der Waals surface area contributed by atoms with Gasteiger partial charge in [0.15, 0.2) is 5.82 Å². The van der Waals surface area contributed by atoms with Crippen molar-refractivity contribution in [3.05, 3.63) is 71.4 Å². The number of esters is 1. The molecule has 0 aliphatic carbocycles. The summed E-state index contributed by atoms with van der Waals surface area (Å²) in [5.41, 5.74) is 8.20. The Morgan fingerprint density at radius 3 is 2.61 bits per heavy atom. The Morgan fingerprint density at radius 1 is 1.11 bits per heavy atom. The number of rotatable bonds is 6. The molecule has 0 saturated carbocycles. The van der Waals surface area contributed by atoms with Gasteiger partial charge < -0.3 is 15.8 Å². The lowest BCUT2D eigenvalue weighted by Crippen LogP contribution is -2.15. The van der Waals surface area contributed by atoms with Crippen LogP contribution in [0, 0.1) is 6.92 Å². The van der Waals surface area contributed by atoms with Gasteiger partial charge in [-0.15, -0.1) is 0 Å². The number of aryl methyl sites for hydroxylation is 1. The van der Waals surface area contributed by atoms with Crippen LogP contribution in [0.25, 0.3) is 11.4 Å². The predicted octanol–water partition coefficient (Wildman–Crippen LogP) is 3.47. The van der Waals surface area contributed by atoms with E-state index in [0.717, 1.165) is 11.1 Å². The van der Waals surface area contributed by atoms with Crippen LogP contribution in [0.3, 0.4) is 0 Å². The van der Waals surface area contributed by atoms with Crippen molar-refractivity contribution in [3.63, 3.8) is 0 Å². The Morgan fingerprint density at radius 2 is 1.89 bits per heavy atom. The molecule has 0 saturated heterocycles. The lowest BCUT2D eigenvalue weighted by Gasteiger charge is -2.13. The highest BCUT2D eigenvalue weighted by molar-refractivity contribution is 6.01. The maximum Gasteiger partial charge on any atom is 0.343 e. The Hall–Kier alpha value is -3.74. The molecule has 0 fully saturated rings. The zero-order valence-electron chi connectivity index (χ0n) is 15.6. The second-order valence-electron chi connectivity index (χ2n) is 6.08. The van der Waals surface area contributed by atoms with Crippen LogP contribution in [0.1, 0.15) is 33.2 Å². The molecule has 1 aromatic heterocycles. The van der Waals surface area contributed by atoms with Crippen LogP contribution in [0.4, 0.5) is 11.5 Å². The summed E-state index contributed by atoms with van der Waals surface area (Å²) in [6.45, 7) is 3.91. The molecule has 3 rings (SSSR count). The lowest BCUT2D eigenvalue weighted by atomic mass is 10.1. The molecule has 28 heavy (non-hydrogen) atoms. The van der Waals surface area contributed by atoms with Gasteiger partial charge in [-0.2, -0.15) is 0 Å². The SMILES string of the molecule is CCOC(=O)c1cnc(-c2cccc(C)c2)nc1Nc1ccccc1C(N)=O. The van der Waals surface area contributed by atoms with Crippen molar-refractivity contribution in [1.82, 2.24) is 9.97 Å². The van der Waals surface area contributed by atoms with Crippen molar-refractivity contribution >= 4 is 23.4 Å². The number of nitrogens with zero attached hydrogens (tertiary/aromatic N) is 2. The van der Waals surface area contributed by atoms with Gasteiger partial charge in [0.05, 0.1) is 17.9 Å². The van der Waals surface area contributed by atoms with Crippen molar-refractivity contribution in [2.45, 2.75) is 13.8 Å². The second kappa shape index (κ2) is 8.30. The van der Waals surface area contributed by atoms with Gasteiger partial charge in [-0.25, -0.2) is 14.8 Å². The molecule has 0 spiro atoms. The van der Waals surface area contributed by atoms with Gasteiger partial charge in [-0.3, -0.25) is 4.79 Å². The number of carbonyl (C=O) groups excluding carboxylic acids is 2. The van der Waals surface area contributed by atoms with E-state index >= 15 is 0 Å². The van der Waals surface area contributed by atoms with Crippen LogP contribution < -0.4 is 11.1 Å². The maximum absolute atomic E-state index is 12.3. The van der Waals surface area contributed by atoms with E-state index in [1.165, 1.54) is 6.20 Å². The first-order chi connectivity index (χ1) is 13.5. The first kappa shape index (κ1) is 19.0. The zero-order chi connectivity index (χ0) is 20.1. The predicted molar refractivity (Wildman–Crippen MR) is 106 cm³/mol. The third-order valence-corrected chi connectivity index (χ3v) is 4.01. The summed E-state index contributed by atoms with van der Waals surface area (Å²) >= 11 is 0. The first-order valence-electron chi connectivity index (χ1n) is 8.76. The molecule has 0 bridgehead atoms. The number of nitrogens with one attached hydrogen (secondary N) is 1. The van der Waals surface area contributed by atoms with Crippen LogP contribution >= 0.6 is 0 Å². The number of anilines is 2. The van der Waals surface area contributed by atoms with Crippen LogP contribution in [0.2, 0.25) is 0 Å². The van der Waals surface area contributed by atoms with E-state index in [9.17, 15) is 9.59 Å². The molecule has 1 heterocycles. The molecular formula is C21H20N4O3. The molecule has 2 aromatic carbocycles. The minimum Gasteiger partial charge on any atom is -0.462 e. The number of carbonyl (C=O) groups is 2. The first-order valence-corrected chi connectivity index (χ1v) is 8.76. The van der Waals surface area contributed by atoms with E-state index in [-0.39, 0.29) is 23.6 Å². The number of hydrogen-bond donors (Lipinski definition) is 2. The number of aromatic nitrogens is 2. The summed E-state index contributed by atoms with van der Waals surface area (Å²) in [6, 6.07) is 14.4. The average Bonchev–Trinajstić information content (AvgIpc) is 2.68. The van der Waals surface area contributed by atoms with Gasteiger partial charge in [0.1, 0.15) is 11.4 Å². The van der Waals surface area contributed by atoms with Crippen molar-refractivity contribution < 1.29 is 14.3 Å². The van der Waals surface area contributed by atoms with E-state index in [2.05, 4.69) is 15.3 Å². The summed E-state index contributed by atoms with van der Waals surface area (Å²) < 4.78 is 5.10. The molecule has 0 radical (unpaired) electrons. The number of hydrogen-bond acceptors (Lipinski definition) is 6. The molecule has 7 nitrogen and oxygen atoms in total. The van der Waals surface area contributed by atoms with E-state index in [1.807, 2.05) is 31.2 Å². The van der Waals surface area contributed by atoms with Gasteiger partial charge in [-0.1, -0.05) is 35.9 Å². The van der Waals surface area contributed by atoms with Crippen molar-refractivity contribution in [2.24, 2.45) is 5.73 Å². The summed E-state index contributed by atoms with van der Waals surface area (Å²) in [5, 5.41) is 3.03. The number of ether oxygens (including phenoxy) is 1. The van der Waals surface area contributed by atoms with E-state index in [4.69, 9.17) is 10.5 Å². The summed E-state index contributed by atoms with van der Waals surface area (Å²) in [6.07, 6.45) is 1.41. The van der Waals surface area contributed by atoms with E-state index < -0.39 is 11.9 Å². The Bertz CT molecular complexity index is 1030. The number of nitrogens with two attached hydrogens (primary N) is 1. The topological polar surface area (TPSA) is 107 Å². The fourth-order valence-electron chi connectivity index (χ4n) is 2.69. The van der Waals surface area contributed by atoms with Gasteiger partial charge in [0.2, 0.25) is 0 Å². The number of benzene rings is 2. The van der Waals surface area contributed by atoms with Crippen LogP contribution in [0.5, 0.6) is 0 Å². The number of para-hydroxylation sites is 1. The highest BCUT2D eigenvalue weighted by Gasteiger charge is 2.18. The molecular weight excluding hydrogens is 356 g/mol. The second-order valence-corrected chi connectivity index (χ2v) is 6.08. The van der Waals surface area contributed by atoms with Gasteiger partial charge in [0, 0.05) is 11.8 Å². The van der Waals surface area contributed by atoms with Gasteiger partial charge >= 0.3 is 5.97 Å². The Balaban J connectivity index is 2.09. The molecule has 0 aliphatic heterocycles. The van der Waals surface area contributed by atoms with Crippen LogP contribution in [-0.2, 0) is 4.74 Å². The van der Waals surface area contributed by atoms with Crippen LogP contribution in [-0.4, -0.2) is 28.5 Å². The summed E-state index contributed by atoms with van der Waals surface area (Å²) in [7, 11) is 0. The largest absolute Gasteiger partial charge is 0.462 e. The molecule has 0 aliphatic rings. The monoisotopic (exact) mass is 376 g/mol. The maximum atomic E-state index is 12.3. The fourth-order valence-corrected chi connectivity index (χ4v) is 2.69. The third kappa shape index (κ3) is 4.15. The highest BCUT2D eigenvalue weighted by atomic mass is 16.5. The van der Waals surface area contributed by atoms with E-state index in [0.29, 0.717) is 11.5 Å². The standard InChI is InChI=1S/C21H20N4O3/c1-3-28-21(27)16-12-23-19(14-8-6-7-13(2)11-14)25-20(16)24-17-10-5-4-9-15(17)18(22)26/h4-12H,3H2,1-2H3,(H2,22,26)(H,23,24,25). The fraction of sp³-hybridized carbons (Fsp3) is 0.143. The molecule has 0 unspecified atom stereocenters. The van der Waals surface area contributed by atoms with Gasteiger partial charge in [-0.05, 0) is 32.0 Å². The number of amides is 1. The minimum absolute atomic E-state index is 0.164. The van der Waals surface area contributed by atoms with Gasteiger partial charge in [0.25, 0.3) is 5.91 Å². The van der Waals surface area contributed by atoms with Crippen molar-refractivity contribution in [3.8, 4) is 11.4 Å². The quantitative estimate of drug-likeness (QED) is 0.638. The zero-order valence-corrected chi connectivity index (χ0v) is 15.6. The highest BCUT2D eigenvalue weighted by Crippen LogP contribution is 2.25. The van der Waals surface area contributed by atoms with Crippen LogP contribution in [0.15, 0.2) is 54.7 Å². The van der Waals surface area contributed by atoms with Crippen molar-refractivity contribution in [1.29, 1.82) is 0 Å².